The van der Waals surface area contributed by atoms with E-state index in [4.69, 9.17) is 18.9 Å². The summed E-state index contributed by atoms with van der Waals surface area (Å²) in [6.07, 6.45) is -4.09. The Hall–Kier alpha value is -2.58. The maximum absolute atomic E-state index is 10.7. The summed E-state index contributed by atoms with van der Waals surface area (Å²) in [4.78, 5) is 0. The molecule has 174 valence electrons. The summed E-state index contributed by atoms with van der Waals surface area (Å²) in [5.74, 6) is 0. The van der Waals surface area contributed by atoms with Crippen molar-refractivity contribution in [2.75, 3.05) is 6.61 Å². The van der Waals surface area contributed by atoms with Gasteiger partial charge in [-0.05, 0) is 16.7 Å². The first-order chi connectivity index (χ1) is 16.2. The van der Waals surface area contributed by atoms with Crippen molar-refractivity contribution in [3.8, 4) is 0 Å². The highest BCUT2D eigenvalue weighted by atomic mass is 16.7. The lowest BCUT2D eigenvalue weighted by Gasteiger charge is -2.44. The number of hydrogen-bond donors (Lipinski definition) is 2. The number of benzene rings is 3. The standard InChI is InChI=1S/C27H30O6/c28-16-23-24(30-17-20-10-4-1-5-11-20)25(31-18-21-12-6-2-7-13-21)26(27(29)33-23)32-19-22-14-8-3-9-15-22/h1-15,23-29H,16-19H2/t23?,24-,25-,26?,27?/m0/s1. The van der Waals surface area contributed by atoms with Gasteiger partial charge < -0.3 is 29.2 Å². The third-order valence-electron chi connectivity index (χ3n) is 5.65. The maximum Gasteiger partial charge on any atom is 0.184 e. The largest absolute Gasteiger partial charge is 0.394 e. The van der Waals surface area contributed by atoms with Crippen LogP contribution in [-0.4, -0.2) is 47.5 Å². The van der Waals surface area contributed by atoms with Crippen LogP contribution in [0.15, 0.2) is 91.0 Å². The Morgan fingerprint density at radius 1 is 0.576 bits per heavy atom. The Kier molecular flexibility index (Phi) is 8.60. The lowest BCUT2D eigenvalue weighted by atomic mass is 9.98. The van der Waals surface area contributed by atoms with Crippen LogP contribution in [0.4, 0.5) is 0 Å². The molecule has 0 saturated carbocycles. The highest BCUT2D eigenvalue weighted by Gasteiger charge is 2.47. The molecule has 1 saturated heterocycles. The van der Waals surface area contributed by atoms with Gasteiger partial charge >= 0.3 is 0 Å². The minimum Gasteiger partial charge on any atom is -0.394 e. The molecule has 0 aliphatic carbocycles. The van der Waals surface area contributed by atoms with Crippen LogP contribution >= 0.6 is 0 Å². The Labute approximate surface area is 194 Å². The van der Waals surface area contributed by atoms with Gasteiger partial charge in [0.1, 0.15) is 24.4 Å². The van der Waals surface area contributed by atoms with E-state index in [0.717, 1.165) is 16.7 Å². The van der Waals surface area contributed by atoms with Crippen LogP contribution in [0.3, 0.4) is 0 Å². The molecule has 1 aliphatic rings. The van der Waals surface area contributed by atoms with Crippen LogP contribution in [0.1, 0.15) is 16.7 Å². The van der Waals surface area contributed by atoms with Gasteiger partial charge in [0.2, 0.25) is 0 Å². The zero-order valence-electron chi connectivity index (χ0n) is 18.4. The van der Waals surface area contributed by atoms with E-state index in [1.807, 2.05) is 91.0 Å². The van der Waals surface area contributed by atoms with Crippen LogP contribution in [0, 0.1) is 0 Å². The molecular formula is C27H30O6. The highest BCUT2D eigenvalue weighted by molar-refractivity contribution is 5.15. The molecule has 3 aromatic carbocycles. The van der Waals surface area contributed by atoms with Crippen molar-refractivity contribution >= 4 is 0 Å². The monoisotopic (exact) mass is 450 g/mol. The first kappa shape index (κ1) is 23.6. The van der Waals surface area contributed by atoms with Crippen LogP contribution < -0.4 is 0 Å². The van der Waals surface area contributed by atoms with Crippen molar-refractivity contribution in [1.29, 1.82) is 0 Å². The molecule has 6 nitrogen and oxygen atoms in total. The van der Waals surface area contributed by atoms with Gasteiger partial charge in [-0.15, -0.1) is 0 Å². The highest BCUT2D eigenvalue weighted by Crippen LogP contribution is 2.29. The maximum atomic E-state index is 10.7. The van der Waals surface area contributed by atoms with E-state index in [9.17, 15) is 10.2 Å². The average Bonchev–Trinajstić information content (AvgIpc) is 2.87. The third kappa shape index (κ3) is 6.48. The van der Waals surface area contributed by atoms with E-state index < -0.39 is 30.7 Å². The zero-order valence-corrected chi connectivity index (χ0v) is 18.4. The van der Waals surface area contributed by atoms with Gasteiger partial charge in [0, 0.05) is 0 Å². The molecule has 4 rings (SSSR count). The van der Waals surface area contributed by atoms with E-state index >= 15 is 0 Å². The van der Waals surface area contributed by atoms with Crippen molar-refractivity contribution < 1.29 is 29.2 Å². The molecule has 0 radical (unpaired) electrons. The minimum atomic E-state index is -1.26. The summed E-state index contributed by atoms with van der Waals surface area (Å²) in [7, 11) is 0. The van der Waals surface area contributed by atoms with Gasteiger partial charge in [0.05, 0.1) is 26.4 Å². The number of hydrogen-bond acceptors (Lipinski definition) is 6. The molecule has 3 unspecified atom stereocenters. The molecule has 33 heavy (non-hydrogen) atoms. The second-order valence-corrected chi connectivity index (χ2v) is 8.03. The van der Waals surface area contributed by atoms with Crippen molar-refractivity contribution in [1.82, 2.24) is 0 Å². The molecule has 1 fully saturated rings. The Bertz CT molecular complexity index is 937. The molecule has 0 spiro atoms. The number of aliphatic hydroxyl groups is 2. The van der Waals surface area contributed by atoms with Crippen molar-refractivity contribution in [2.45, 2.75) is 50.5 Å². The van der Waals surface area contributed by atoms with E-state index in [0.29, 0.717) is 13.2 Å². The van der Waals surface area contributed by atoms with Crippen molar-refractivity contribution in [3.05, 3.63) is 108 Å². The topological polar surface area (TPSA) is 77.4 Å². The van der Waals surface area contributed by atoms with Gasteiger partial charge in [-0.25, -0.2) is 0 Å². The Morgan fingerprint density at radius 2 is 0.970 bits per heavy atom. The van der Waals surface area contributed by atoms with Crippen LogP contribution in [0.2, 0.25) is 0 Å². The number of rotatable bonds is 10. The van der Waals surface area contributed by atoms with E-state index in [2.05, 4.69) is 0 Å². The molecule has 0 aromatic heterocycles. The summed E-state index contributed by atoms with van der Waals surface area (Å²) >= 11 is 0. The van der Waals surface area contributed by atoms with Gasteiger partial charge in [0.15, 0.2) is 6.29 Å². The first-order valence-corrected chi connectivity index (χ1v) is 11.2. The number of aliphatic hydroxyl groups excluding tert-OH is 2. The third-order valence-corrected chi connectivity index (χ3v) is 5.65. The van der Waals surface area contributed by atoms with Gasteiger partial charge in [-0.2, -0.15) is 0 Å². The first-order valence-electron chi connectivity index (χ1n) is 11.2. The summed E-state index contributed by atoms with van der Waals surface area (Å²) < 4.78 is 24.3. The molecule has 0 bridgehead atoms. The summed E-state index contributed by atoms with van der Waals surface area (Å²) in [6, 6.07) is 29.3. The van der Waals surface area contributed by atoms with E-state index in [-0.39, 0.29) is 13.2 Å². The Balaban J connectivity index is 1.53. The average molecular weight is 451 g/mol. The molecule has 2 N–H and O–H groups in total. The quantitative estimate of drug-likeness (QED) is 0.493. The predicted molar refractivity (Wildman–Crippen MR) is 123 cm³/mol. The Morgan fingerprint density at radius 3 is 1.39 bits per heavy atom. The van der Waals surface area contributed by atoms with E-state index in [1.54, 1.807) is 0 Å². The number of ether oxygens (including phenoxy) is 4. The molecule has 6 heteroatoms. The molecular weight excluding hydrogens is 420 g/mol. The minimum absolute atomic E-state index is 0.284. The lowest BCUT2D eigenvalue weighted by molar-refractivity contribution is -0.315. The van der Waals surface area contributed by atoms with Gasteiger partial charge in [-0.1, -0.05) is 91.0 Å². The second-order valence-electron chi connectivity index (χ2n) is 8.03. The lowest BCUT2D eigenvalue weighted by Crippen LogP contribution is -2.61. The predicted octanol–water partition coefficient (Wildman–Crippen LogP) is 3.45. The van der Waals surface area contributed by atoms with Crippen molar-refractivity contribution in [2.24, 2.45) is 0 Å². The van der Waals surface area contributed by atoms with Crippen molar-refractivity contribution in [3.63, 3.8) is 0 Å². The fourth-order valence-corrected chi connectivity index (χ4v) is 3.91. The second kappa shape index (κ2) is 12.0. The smallest absolute Gasteiger partial charge is 0.184 e. The zero-order chi connectivity index (χ0) is 22.9. The molecule has 1 aliphatic heterocycles. The summed E-state index contributed by atoms with van der Waals surface area (Å²) in [5.41, 5.74) is 2.95. The molecule has 5 atom stereocenters. The van der Waals surface area contributed by atoms with Crippen LogP contribution in [0.5, 0.6) is 0 Å². The van der Waals surface area contributed by atoms with Gasteiger partial charge in [-0.3, -0.25) is 0 Å². The SMILES string of the molecule is OCC1OC(O)C(OCc2ccccc2)[C@@H](OCc2ccccc2)[C@H]1OCc1ccccc1. The fourth-order valence-electron chi connectivity index (χ4n) is 3.91. The molecule has 1 heterocycles. The van der Waals surface area contributed by atoms with E-state index in [1.165, 1.54) is 0 Å². The normalized spacial score (nSPS) is 25.1. The van der Waals surface area contributed by atoms with Crippen LogP contribution in [0.25, 0.3) is 0 Å². The molecule has 0 amide bonds. The molecule has 3 aromatic rings. The van der Waals surface area contributed by atoms with Gasteiger partial charge in [0.25, 0.3) is 0 Å². The fraction of sp³-hybridized carbons (Fsp3) is 0.333. The summed E-state index contributed by atoms with van der Waals surface area (Å²) in [6.45, 7) is 0.601. The van der Waals surface area contributed by atoms with Crippen LogP contribution in [-0.2, 0) is 38.8 Å². The summed E-state index contributed by atoms with van der Waals surface area (Å²) in [5, 5.41) is 20.7.